The zero-order valence-electron chi connectivity index (χ0n) is 38.7. The van der Waals surface area contributed by atoms with Crippen LogP contribution < -0.4 is 0 Å². The van der Waals surface area contributed by atoms with Crippen molar-refractivity contribution in [3.8, 4) is 0 Å². The lowest BCUT2D eigenvalue weighted by atomic mass is 9.38. The van der Waals surface area contributed by atoms with Gasteiger partial charge in [-0.1, -0.05) is 80.4 Å². The van der Waals surface area contributed by atoms with E-state index >= 15 is 0 Å². The second-order valence-electron chi connectivity index (χ2n) is 19.0. The predicted octanol–water partition coefficient (Wildman–Crippen LogP) is 7.54. The van der Waals surface area contributed by atoms with E-state index in [4.69, 9.17) is 9.84 Å². The van der Waals surface area contributed by atoms with Crippen LogP contribution in [0.5, 0.6) is 0 Å². The van der Waals surface area contributed by atoms with Crippen LogP contribution in [0.15, 0.2) is 23.8 Å². The van der Waals surface area contributed by atoms with Crippen molar-refractivity contribution in [2.24, 2.45) is 44.8 Å². The van der Waals surface area contributed by atoms with Crippen molar-refractivity contribution in [2.45, 2.75) is 179 Å². The molecule has 0 aromatic heterocycles. The molecule has 0 aromatic carbocycles. The van der Waals surface area contributed by atoms with Gasteiger partial charge < -0.3 is 29.9 Å². The first-order chi connectivity index (χ1) is 25.9. The van der Waals surface area contributed by atoms with Crippen LogP contribution in [-0.2, 0) is 33.4 Å². The summed E-state index contributed by atoms with van der Waals surface area (Å²) in [5.74, 6) is -2.00. The topological polar surface area (TPSA) is 185 Å². The zero-order valence-corrected chi connectivity index (χ0v) is 38.7. The number of aliphatic hydroxyl groups excluding tert-OH is 3. The lowest BCUT2D eigenvalue weighted by Gasteiger charge is -2.64. The Morgan fingerprint density at radius 1 is 0.947 bits per heavy atom. The summed E-state index contributed by atoms with van der Waals surface area (Å²) < 4.78 is 9.37. The minimum atomic E-state index is -1.71. The molecule has 0 aliphatic heterocycles. The standard InChI is InChI=1S/C32H46O7.C8H18O.C3H6O2.C2H6.CH4O/c1-18(33)39-27(2,3)14-13-24(35)32(9,38)23-12-15-29(6)22-11-10-19-20(16-21(34)26(37)28(19,4)5)31(22,8)25(36)17-30(23,29)7;1-5-6-7(9)8(2,3)4;1-3(4)5-2;2*1-2/h10,13-14,20-23,34,38H,11-12,15-17H2,1-9H3;7,9H,5-6H2,1-4H3;1-2H3;1-2H3;2H,1H3/b14-13+;;;;/t20?,21?,22?,23?,29?,30?,31?,32-;;;;/m1..../s1. The number of fused-ring (bicyclic) bond motifs is 5. The first-order valence-electron chi connectivity index (χ1n) is 20.7. The summed E-state index contributed by atoms with van der Waals surface area (Å²) in [7, 11) is 2.35. The third-order valence-electron chi connectivity index (χ3n) is 13.5. The number of hydrogen-bond donors (Lipinski definition) is 4. The van der Waals surface area contributed by atoms with Crippen molar-refractivity contribution >= 4 is 29.3 Å². The molecule has 0 amide bonds. The van der Waals surface area contributed by atoms with Crippen molar-refractivity contribution in [3.63, 3.8) is 0 Å². The summed E-state index contributed by atoms with van der Waals surface area (Å²) >= 11 is 0. The molecule has 9 atom stereocenters. The maximum atomic E-state index is 14.3. The van der Waals surface area contributed by atoms with Crippen LogP contribution in [-0.4, -0.2) is 87.3 Å². The van der Waals surface area contributed by atoms with Gasteiger partial charge in [-0.3, -0.25) is 24.0 Å². The number of aliphatic hydroxyl groups is 4. The van der Waals surface area contributed by atoms with E-state index in [9.17, 15) is 39.3 Å². The van der Waals surface area contributed by atoms with Crippen LogP contribution in [0.4, 0.5) is 0 Å². The number of ketones is 3. The van der Waals surface area contributed by atoms with Crippen LogP contribution in [0.1, 0.15) is 156 Å². The molecule has 0 saturated heterocycles. The Balaban J connectivity index is 0.00000146. The fourth-order valence-corrected chi connectivity index (χ4v) is 9.96. The number of Topliss-reactive ketones (excluding diaryl/α,β-unsaturated/α-hetero) is 2. The van der Waals surface area contributed by atoms with E-state index in [1.54, 1.807) is 20.8 Å². The summed E-state index contributed by atoms with van der Waals surface area (Å²) in [6.45, 7) is 29.8. The Morgan fingerprint density at radius 3 is 1.88 bits per heavy atom. The second-order valence-corrected chi connectivity index (χ2v) is 19.0. The first kappa shape index (κ1) is 54.3. The number of carbonyl (C=O) groups is 5. The molecule has 4 rings (SSSR count). The van der Waals surface area contributed by atoms with Gasteiger partial charge in [0.2, 0.25) is 0 Å². The van der Waals surface area contributed by atoms with Crippen molar-refractivity contribution in [2.75, 3.05) is 14.2 Å². The van der Waals surface area contributed by atoms with Gasteiger partial charge in [-0.15, -0.1) is 0 Å². The summed E-state index contributed by atoms with van der Waals surface area (Å²) in [6.07, 6.45) is 8.17. The van der Waals surface area contributed by atoms with Crippen LogP contribution in [0.3, 0.4) is 0 Å². The Labute approximate surface area is 344 Å². The second kappa shape index (κ2) is 20.5. The normalized spacial score (nSPS) is 31.5. The van der Waals surface area contributed by atoms with Crippen molar-refractivity contribution < 1.29 is 53.9 Å². The average Bonchev–Trinajstić information content (AvgIpc) is 3.38. The molecular weight excluding hydrogens is 728 g/mol. The largest absolute Gasteiger partial charge is 0.469 e. The SMILES string of the molecule is CC.CC(=O)OC(C)(C)/C=C/C(=O)[C@](C)(O)C1CCC2(C)C3CC=C4C(CC(O)C(=O)C4(C)C)C3(C)C(=O)CC12C.CCCC(O)C(C)(C)C.CO.COC(C)=O. The van der Waals surface area contributed by atoms with Gasteiger partial charge in [0, 0.05) is 44.1 Å². The molecule has 3 fully saturated rings. The minimum Gasteiger partial charge on any atom is -0.469 e. The maximum absolute atomic E-state index is 14.3. The molecule has 0 spiro atoms. The predicted molar refractivity (Wildman–Crippen MR) is 224 cm³/mol. The van der Waals surface area contributed by atoms with Gasteiger partial charge in [0.15, 0.2) is 11.6 Å². The van der Waals surface area contributed by atoms with Gasteiger partial charge in [0.05, 0.1) is 13.2 Å². The number of esters is 2. The molecule has 57 heavy (non-hydrogen) atoms. The van der Waals surface area contributed by atoms with Gasteiger partial charge in [0.1, 0.15) is 23.1 Å². The van der Waals surface area contributed by atoms with E-state index in [0.29, 0.717) is 12.8 Å². The molecule has 4 N–H and O–H groups in total. The summed E-state index contributed by atoms with van der Waals surface area (Å²) in [5, 5.41) is 38.8. The minimum absolute atomic E-state index is 0.0458. The average molecular weight is 809 g/mol. The number of carbonyl (C=O) groups excluding carboxylic acids is 5. The number of allylic oxidation sites excluding steroid dienone is 2. The van der Waals surface area contributed by atoms with Crippen LogP contribution >= 0.6 is 0 Å². The van der Waals surface area contributed by atoms with Crippen molar-refractivity contribution in [1.82, 2.24) is 0 Å². The molecule has 11 heteroatoms. The Bertz CT molecular complexity index is 1460. The molecule has 0 heterocycles. The molecular formula is C46H80O11. The summed E-state index contributed by atoms with van der Waals surface area (Å²) in [6, 6.07) is 0. The third-order valence-corrected chi connectivity index (χ3v) is 13.5. The third kappa shape index (κ3) is 11.5. The quantitative estimate of drug-likeness (QED) is 0.113. The summed E-state index contributed by atoms with van der Waals surface area (Å²) in [5.41, 5.74) is -4.21. The highest BCUT2D eigenvalue weighted by Gasteiger charge is 2.72. The number of hydrogen-bond acceptors (Lipinski definition) is 11. The molecule has 11 nitrogen and oxygen atoms in total. The van der Waals surface area contributed by atoms with Gasteiger partial charge in [-0.25, -0.2) is 0 Å². The van der Waals surface area contributed by atoms with Gasteiger partial charge >= 0.3 is 11.9 Å². The molecule has 0 aromatic rings. The molecule has 0 bridgehead atoms. The van der Waals surface area contributed by atoms with E-state index in [1.807, 2.05) is 34.6 Å². The van der Waals surface area contributed by atoms with Gasteiger partial charge in [0.25, 0.3) is 0 Å². The van der Waals surface area contributed by atoms with E-state index in [-0.39, 0.29) is 59.1 Å². The fraction of sp³-hybridized carbons (Fsp3) is 0.804. The van der Waals surface area contributed by atoms with Gasteiger partial charge in [-0.05, 0) is 107 Å². The molecule has 8 unspecified atom stereocenters. The van der Waals surface area contributed by atoms with Crippen LogP contribution in [0, 0.1) is 44.8 Å². The summed E-state index contributed by atoms with van der Waals surface area (Å²) in [4.78, 5) is 61.6. The van der Waals surface area contributed by atoms with Crippen LogP contribution in [0.2, 0.25) is 0 Å². The Hall–Kier alpha value is -2.73. The first-order valence-corrected chi connectivity index (χ1v) is 20.7. The van der Waals surface area contributed by atoms with E-state index < -0.39 is 51.2 Å². The smallest absolute Gasteiger partial charge is 0.303 e. The zero-order chi connectivity index (χ0) is 45.3. The molecule has 4 aliphatic rings. The highest BCUT2D eigenvalue weighted by atomic mass is 16.6. The van der Waals surface area contributed by atoms with Crippen molar-refractivity contribution in [1.29, 1.82) is 0 Å². The molecule has 4 aliphatic carbocycles. The van der Waals surface area contributed by atoms with Gasteiger partial charge in [-0.2, -0.15) is 0 Å². The molecule has 330 valence electrons. The van der Waals surface area contributed by atoms with Crippen LogP contribution in [0.25, 0.3) is 0 Å². The number of methoxy groups -OCH3 is 1. The highest BCUT2D eigenvalue weighted by Crippen LogP contribution is 2.74. The van der Waals surface area contributed by atoms with E-state index in [2.05, 4.69) is 52.4 Å². The molecule has 0 radical (unpaired) electrons. The fourth-order valence-electron chi connectivity index (χ4n) is 9.96. The monoisotopic (exact) mass is 809 g/mol. The van der Waals surface area contributed by atoms with E-state index in [1.165, 1.54) is 33.1 Å². The number of ether oxygens (including phenoxy) is 2. The maximum Gasteiger partial charge on any atom is 0.303 e. The van der Waals surface area contributed by atoms with E-state index in [0.717, 1.165) is 31.9 Å². The Morgan fingerprint density at radius 2 is 1.46 bits per heavy atom. The molecule has 3 saturated carbocycles. The lowest BCUT2D eigenvalue weighted by molar-refractivity contribution is -0.182. The lowest BCUT2D eigenvalue weighted by Crippen LogP contribution is -2.65. The Kier molecular flexibility index (Phi) is 19.5. The highest BCUT2D eigenvalue weighted by molar-refractivity contribution is 5.98. The number of rotatable bonds is 7. The van der Waals surface area contributed by atoms with Crippen molar-refractivity contribution in [3.05, 3.63) is 23.8 Å².